The summed E-state index contributed by atoms with van der Waals surface area (Å²) in [6.07, 6.45) is -3.44. The lowest BCUT2D eigenvalue weighted by Crippen LogP contribution is -2.69. The molecule has 0 bridgehead atoms. The zero-order valence-corrected chi connectivity index (χ0v) is 47.7. The molecule has 0 radical (unpaired) electrons. The highest BCUT2D eigenvalue weighted by molar-refractivity contribution is 6.01. The minimum Gasteiger partial charge on any atom is -0.464 e. The molecule has 0 spiro atoms. The maximum atomic E-state index is 17.7. The maximum absolute atomic E-state index is 17.7. The first kappa shape index (κ1) is 61.8. The Balaban J connectivity index is 1.22. The van der Waals surface area contributed by atoms with Crippen molar-refractivity contribution in [1.82, 2.24) is 9.80 Å². The Morgan fingerprint density at radius 3 is 2.20 bits per heavy atom. The highest BCUT2D eigenvalue weighted by Crippen LogP contribution is 2.70. The van der Waals surface area contributed by atoms with Crippen LogP contribution in [0.3, 0.4) is 0 Å². The van der Waals surface area contributed by atoms with Crippen molar-refractivity contribution >= 4 is 29.7 Å². The zero-order chi connectivity index (χ0) is 57.0. The number of esters is 4. The molecule has 432 valence electrons. The summed E-state index contributed by atoms with van der Waals surface area (Å²) in [5, 5.41) is 60.5. The predicted octanol–water partition coefficient (Wildman–Crippen LogP) is 4.91. The van der Waals surface area contributed by atoms with E-state index in [1.54, 1.807) is 66.5 Å². The van der Waals surface area contributed by atoms with Crippen LogP contribution < -0.4 is 0 Å². The third-order valence-electron chi connectivity index (χ3n) is 19.5. The number of likely N-dealkylation sites (N-methyl/N-ethyl adjacent to an activating group) is 2. The number of allylic oxidation sites excluding steroid dienone is 4. The number of halogens is 1. The number of hydrogen-bond acceptors (Lipinski definition) is 18. The van der Waals surface area contributed by atoms with Crippen molar-refractivity contribution in [1.29, 1.82) is 0 Å². The van der Waals surface area contributed by atoms with E-state index in [9.17, 15) is 49.5 Å². The molecule has 5 N–H and O–H groups in total. The second kappa shape index (κ2) is 23.0. The first-order valence-corrected chi connectivity index (χ1v) is 27.8. The van der Waals surface area contributed by atoms with Crippen LogP contribution in [-0.2, 0) is 52.4 Å². The highest BCUT2D eigenvalue weighted by Gasteiger charge is 2.76. The number of nitrogens with zero attached hydrogens (tertiary/aromatic N) is 2. The summed E-state index contributed by atoms with van der Waals surface area (Å²) in [4.78, 5) is 71.2. The lowest BCUT2D eigenvalue weighted by Gasteiger charge is -2.62. The number of unbranched alkanes of at least 4 members (excludes halogenated alkanes) is 1. The average molecular weight is 1080 g/mol. The predicted molar refractivity (Wildman–Crippen MR) is 276 cm³/mol. The van der Waals surface area contributed by atoms with Gasteiger partial charge >= 0.3 is 23.9 Å². The van der Waals surface area contributed by atoms with Gasteiger partial charge in [0.25, 0.3) is 0 Å². The molecule has 0 aromatic carbocycles. The van der Waals surface area contributed by atoms with Crippen LogP contribution in [0.5, 0.6) is 0 Å². The molecular formula is C57H91FN2O16. The minimum atomic E-state index is -2.14. The van der Waals surface area contributed by atoms with Gasteiger partial charge in [0, 0.05) is 48.1 Å². The normalized spacial score (nSPS) is 46.4. The Labute approximate surface area is 449 Å². The fourth-order valence-corrected chi connectivity index (χ4v) is 14.8. The third-order valence-corrected chi connectivity index (χ3v) is 19.5. The van der Waals surface area contributed by atoms with E-state index < -0.39 is 142 Å². The molecule has 18 nitrogen and oxygen atoms in total. The van der Waals surface area contributed by atoms with Crippen molar-refractivity contribution in [3.05, 3.63) is 23.8 Å². The lowest BCUT2D eigenvalue weighted by atomic mass is 9.45. The van der Waals surface area contributed by atoms with Crippen molar-refractivity contribution in [3.63, 3.8) is 0 Å². The number of carbonyl (C=O) groups is 5. The topological polar surface area (TPSA) is 248 Å². The van der Waals surface area contributed by atoms with E-state index >= 15 is 4.39 Å². The van der Waals surface area contributed by atoms with Gasteiger partial charge < -0.3 is 58.9 Å². The number of rotatable bonds is 12. The molecule has 4 aliphatic carbocycles. The maximum Gasteiger partial charge on any atom is 0.338 e. The monoisotopic (exact) mass is 1080 g/mol. The molecule has 22 atom stereocenters. The fourth-order valence-electron chi connectivity index (χ4n) is 14.8. The van der Waals surface area contributed by atoms with Crippen molar-refractivity contribution in [2.45, 2.75) is 237 Å². The fraction of sp³-hybridized carbons (Fsp3) is 0.842. The average Bonchev–Trinajstić information content (AvgIpc) is 3.54. The summed E-state index contributed by atoms with van der Waals surface area (Å²) in [7, 11) is 5.43. The quantitative estimate of drug-likeness (QED) is 0.0990. The molecule has 2 aliphatic heterocycles. The van der Waals surface area contributed by atoms with Crippen LogP contribution in [0.2, 0.25) is 0 Å². The number of cyclic esters (lactones) is 1. The molecule has 0 aromatic rings. The second-order valence-electron chi connectivity index (χ2n) is 24.9. The van der Waals surface area contributed by atoms with Gasteiger partial charge in [0.05, 0.1) is 42.5 Å². The molecule has 3 saturated carbocycles. The molecule has 0 aromatic heterocycles. The molecule has 2 unspecified atom stereocenters. The van der Waals surface area contributed by atoms with Gasteiger partial charge in [-0.3, -0.25) is 24.1 Å². The molecule has 6 rings (SSSR count). The van der Waals surface area contributed by atoms with Crippen LogP contribution in [0.4, 0.5) is 4.39 Å². The number of ketones is 1. The van der Waals surface area contributed by atoms with Gasteiger partial charge in [0.2, 0.25) is 0 Å². The van der Waals surface area contributed by atoms with Gasteiger partial charge in [-0.2, -0.15) is 0 Å². The molecule has 2 saturated heterocycles. The van der Waals surface area contributed by atoms with Crippen LogP contribution in [0.25, 0.3) is 0 Å². The number of aliphatic hydroxyl groups is 5. The third kappa shape index (κ3) is 11.1. The Bertz CT molecular complexity index is 2210. The summed E-state index contributed by atoms with van der Waals surface area (Å²) in [6.45, 7) is 19.5. The zero-order valence-electron chi connectivity index (χ0n) is 47.7. The van der Waals surface area contributed by atoms with Gasteiger partial charge in [0.1, 0.15) is 23.9 Å². The number of carbonyl (C=O) groups excluding carboxylic acids is 5. The van der Waals surface area contributed by atoms with E-state index in [1.165, 1.54) is 32.9 Å². The number of hydrogen-bond donors (Lipinski definition) is 5. The second-order valence-corrected chi connectivity index (χ2v) is 24.9. The van der Waals surface area contributed by atoms with E-state index in [0.29, 0.717) is 31.3 Å². The molecular weight excluding hydrogens is 988 g/mol. The number of aliphatic hydroxyl groups excluding tert-OH is 2. The van der Waals surface area contributed by atoms with Crippen LogP contribution in [0.15, 0.2) is 23.8 Å². The minimum absolute atomic E-state index is 0.00882. The molecule has 5 fully saturated rings. The summed E-state index contributed by atoms with van der Waals surface area (Å²) in [6, 6.07) is -1.54. The Morgan fingerprint density at radius 1 is 0.921 bits per heavy atom. The van der Waals surface area contributed by atoms with Crippen LogP contribution >= 0.6 is 0 Å². The Hall–Kier alpha value is -3.40. The van der Waals surface area contributed by atoms with Gasteiger partial charge in [0.15, 0.2) is 29.4 Å². The standard InChI is InChI=1S/C57H91FN2O16/c1-16-43-55(12,69)47(65)35(7)60(15)31(3)28-54(11,68)48(76-50-46(73-36(8)61)41(59(13)14)26-32(4)72-50)33(5)45(34(6)49(66)74-43)75-44(64)19-17-18-24-71-51(67)57(70)30(2)25-40-39-21-20-37-27-38(62)22-23-52(37,9)56(39,58)42(63)29-53(40,57)10/h22-23,27,30-35,39-43,45-48,50,63,65,68-70H,16-21,24-26,28-29H2,1-15H3/t30-,31-,32-,33+,34-,35-,39?,40?,41-,42+,43-,45+,46-,47-,48-,50+,52+,53+,54+,55-,56+,57+/m1/s1. The molecule has 0 amide bonds. The lowest BCUT2D eigenvalue weighted by molar-refractivity contribution is -0.302. The molecule has 2 heterocycles. The van der Waals surface area contributed by atoms with Crippen molar-refractivity contribution in [2.24, 2.45) is 40.4 Å². The van der Waals surface area contributed by atoms with E-state index in [2.05, 4.69) is 0 Å². The van der Waals surface area contributed by atoms with Crippen LogP contribution in [0.1, 0.15) is 147 Å². The number of fused-ring (bicyclic) bond motifs is 5. The van der Waals surface area contributed by atoms with E-state index in [4.69, 9.17) is 28.4 Å². The van der Waals surface area contributed by atoms with Gasteiger partial charge in [-0.15, -0.1) is 0 Å². The largest absolute Gasteiger partial charge is 0.464 e. The van der Waals surface area contributed by atoms with Crippen molar-refractivity contribution < 1.29 is 82.3 Å². The van der Waals surface area contributed by atoms with Gasteiger partial charge in [-0.25, -0.2) is 9.18 Å². The van der Waals surface area contributed by atoms with Gasteiger partial charge in [-0.05, 0) is 151 Å². The summed E-state index contributed by atoms with van der Waals surface area (Å²) in [5.74, 6) is -7.39. The van der Waals surface area contributed by atoms with E-state index in [0.717, 1.165) is 0 Å². The van der Waals surface area contributed by atoms with Crippen LogP contribution in [0, 0.1) is 40.4 Å². The van der Waals surface area contributed by atoms with Crippen molar-refractivity contribution in [3.8, 4) is 0 Å². The van der Waals surface area contributed by atoms with Crippen LogP contribution in [-0.4, -0.2) is 182 Å². The summed E-state index contributed by atoms with van der Waals surface area (Å²) < 4.78 is 54.8. The van der Waals surface area contributed by atoms with E-state index in [1.807, 2.05) is 32.8 Å². The highest BCUT2D eigenvalue weighted by atomic mass is 19.1. The van der Waals surface area contributed by atoms with E-state index in [-0.39, 0.29) is 63.1 Å². The summed E-state index contributed by atoms with van der Waals surface area (Å²) >= 11 is 0. The molecule has 76 heavy (non-hydrogen) atoms. The first-order valence-electron chi connectivity index (χ1n) is 27.8. The molecule has 6 aliphatic rings. The number of ether oxygens (including phenoxy) is 6. The van der Waals surface area contributed by atoms with Gasteiger partial charge in [-0.1, -0.05) is 39.3 Å². The Morgan fingerprint density at radius 2 is 1.58 bits per heavy atom. The first-order chi connectivity index (χ1) is 35.1. The number of alkyl halides is 1. The smallest absolute Gasteiger partial charge is 0.338 e. The summed E-state index contributed by atoms with van der Waals surface area (Å²) in [5.41, 5.74) is -9.79. The Kier molecular flexibility index (Phi) is 18.7. The molecule has 19 heteroatoms. The van der Waals surface area contributed by atoms with Crippen molar-refractivity contribution in [2.75, 3.05) is 27.7 Å². The SMILES string of the molecule is CC[C@H]1OC(=O)[C@H](C)[C@@H](OC(=O)CCCCOC(=O)[C@@]2(O)[C@H](C)CC3C4CCC5=CC(=O)C=C[C@]5(C)[C@@]4(F)[C@@H](O)C[C@@]32C)[C@H](C)[C@@H](O[C@@H]2O[C@H](C)C[C@@H](N(C)C)[C@H]2OC(C)=O)[C@@](C)(O)C[C@@H](C)N(C)[C@H](C)[C@@H](O)[C@]1(C)O.